The average Bonchev–Trinajstić information content (AvgIpc) is 3.20. The standard InChI is InChI=1S/C47H62N4O/c1-3-5-7-9-35-11-21-39(22-12-35)44-31-33-46(50-48-44)41-25-15-37(16-26-41)19-29-43(52)30-20-38-17-27-42(28-18-38)47-34-32-45(49-51-47)40-23-13-36(14-24-40)10-8-6-4-2/h15-18,25-28,31-36,39-40H,3-14,19-24,29-30H2,1-2H3/t35-,36-,39-,40-. The zero-order valence-corrected chi connectivity index (χ0v) is 32.1. The summed E-state index contributed by atoms with van der Waals surface area (Å²) in [6.45, 7) is 4.57. The molecule has 0 atom stereocenters. The van der Waals surface area contributed by atoms with E-state index >= 15 is 0 Å². The summed E-state index contributed by atoms with van der Waals surface area (Å²) >= 11 is 0. The summed E-state index contributed by atoms with van der Waals surface area (Å²) in [5.74, 6) is 3.23. The van der Waals surface area contributed by atoms with E-state index in [1.807, 2.05) is 0 Å². The van der Waals surface area contributed by atoms with Crippen LogP contribution in [0, 0.1) is 11.8 Å². The van der Waals surface area contributed by atoms with E-state index in [0.29, 0.717) is 30.5 Å². The van der Waals surface area contributed by atoms with Crippen molar-refractivity contribution < 1.29 is 4.79 Å². The number of rotatable bonds is 18. The van der Waals surface area contributed by atoms with Gasteiger partial charge in [0.1, 0.15) is 5.78 Å². The number of nitrogens with zero attached hydrogens (tertiary/aromatic N) is 4. The molecule has 6 rings (SSSR count). The summed E-state index contributed by atoms with van der Waals surface area (Å²) in [6, 6.07) is 25.6. The molecule has 0 amide bonds. The summed E-state index contributed by atoms with van der Waals surface area (Å²) in [5, 5.41) is 18.5. The minimum absolute atomic E-state index is 0.307. The summed E-state index contributed by atoms with van der Waals surface area (Å²) < 4.78 is 0. The van der Waals surface area contributed by atoms with E-state index in [0.717, 1.165) is 58.6 Å². The third-order valence-corrected chi connectivity index (χ3v) is 12.2. The Hall–Kier alpha value is -3.73. The lowest BCUT2D eigenvalue weighted by molar-refractivity contribution is -0.119. The van der Waals surface area contributed by atoms with Crippen LogP contribution in [0.25, 0.3) is 22.5 Å². The number of hydrogen-bond acceptors (Lipinski definition) is 5. The first kappa shape index (κ1) is 38.0. The van der Waals surface area contributed by atoms with Crippen LogP contribution in [0.1, 0.15) is 164 Å². The molecule has 2 aromatic heterocycles. The monoisotopic (exact) mass is 698 g/mol. The Morgan fingerprint density at radius 2 is 0.904 bits per heavy atom. The number of unbranched alkanes of at least 4 members (excludes halogenated alkanes) is 4. The Bertz CT molecular complexity index is 1490. The second kappa shape index (κ2) is 19.9. The average molecular weight is 699 g/mol. The van der Waals surface area contributed by atoms with Gasteiger partial charge in [-0.1, -0.05) is 114 Å². The predicted octanol–water partition coefficient (Wildman–Crippen LogP) is 12.4. The van der Waals surface area contributed by atoms with Crippen LogP contribution in [0.2, 0.25) is 0 Å². The second-order valence-electron chi connectivity index (χ2n) is 16.0. The minimum Gasteiger partial charge on any atom is -0.300 e. The van der Waals surface area contributed by atoms with E-state index in [4.69, 9.17) is 0 Å². The van der Waals surface area contributed by atoms with Crippen molar-refractivity contribution in [2.45, 2.75) is 154 Å². The first-order valence-electron chi connectivity index (χ1n) is 21.0. The number of aromatic nitrogens is 4. The molecule has 0 bridgehead atoms. The zero-order valence-electron chi connectivity index (χ0n) is 32.1. The highest BCUT2D eigenvalue weighted by atomic mass is 16.1. The number of Topliss-reactive ketones (excluding diaryl/α,β-unsaturated/α-hetero) is 1. The van der Waals surface area contributed by atoms with Crippen LogP contribution >= 0.6 is 0 Å². The lowest BCUT2D eigenvalue weighted by Crippen LogP contribution is -2.14. The highest BCUT2D eigenvalue weighted by Gasteiger charge is 2.24. The van der Waals surface area contributed by atoms with Gasteiger partial charge in [-0.25, -0.2) is 0 Å². The van der Waals surface area contributed by atoms with Crippen LogP contribution in [0.15, 0.2) is 72.8 Å². The molecule has 2 aliphatic carbocycles. The van der Waals surface area contributed by atoms with Crippen molar-refractivity contribution in [2.24, 2.45) is 11.8 Å². The molecule has 0 N–H and O–H groups in total. The molecule has 0 unspecified atom stereocenters. The third-order valence-electron chi connectivity index (χ3n) is 12.2. The quantitative estimate of drug-likeness (QED) is 0.0968. The molecule has 2 heterocycles. The van der Waals surface area contributed by atoms with Gasteiger partial charge in [-0.15, -0.1) is 0 Å². The van der Waals surface area contributed by atoms with Gasteiger partial charge in [-0.3, -0.25) is 4.79 Å². The fourth-order valence-electron chi connectivity index (χ4n) is 8.67. The van der Waals surface area contributed by atoms with Crippen LogP contribution in [0.4, 0.5) is 0 Å². The molecule has 0 spiro atoms. The van der Waals surface area contributed by atoms with Gasteiger partial charge >= 0.3 is 0 Å². The van der Waals surface area contributed by atoms with E-state index in [1.54, 1.807) is 0 Å². The molecule has 2 fully saturated rings. The van der Waals surface area contributed by atoms with E-state index in [-0.39, 0.29) is 0 Å². The number of aryl methyl sites for hydroxylation is 2. The van der Waals surface area contributed by atoms with Gasteiger partial charge in [0, 0.05) is 35.8 Å². The van der Waals surface area contributed by atoms with Gasteiger partial charge in [0.15, 0.2) is 0 Å². The number of carbonyl (C=O) groups is 1. The van der Waals surface area contributed by atoms with Gasteiger partial charge in [-0.2, -0.15) is 20.4 Å². The minimum atomic E-state index is 0.307. The van der Waals surface area contributed by atoms with Crippen LogP contribution in [0.3, 0.4) is 0 Å². The van der Waals surface area contributed by atoms with E-state index < -0.39 is 0 Å². The predicted molar refractivity (Wildman–Crippen MR) is 214 cm³/mol. The van der Waals surface area contributed by atoms with Crippen LogP contribution in [-0.2, 0) is 17.6 Å². The molecule has 0 aliphatic heterocycles. The Morgan fingerprint density at radius 3 is 1.25 bits per heavy atom. The van der Waals surface area contributed by atoms with Gasteiger partial charge in [0.2, 0.25) is 0 Å². The van der Waals surface area contributed by atoms with E-state index in [1.165, 1.54) is 114 Å². The van der Waals surface area contributed by atoms with Crippen molar-refractivity contribution in [2.75, 3.05) is 0 Å². The largest absolute Gasteiger partial charge is 0.300 e. The fourth-order valence-corrected chi connectivity index (χ4v) is 8.67. The third kappa shape index (κ3) is 11.1. The molecule has 52 heavy (non-hydrogen) atoms. The number of hydrogen-bond donors (Lipinski definition) is 0. The van der Waals surface area contributed by atoms with Crippen molar-refractivity contribution in [1.82, 2.24) is 20.4 Å². The van der Waals surface area contributed by atoms with Gasteiger partial charge < -0.3 is 0 Å². The van der Waals surface area contributed by atoms with Gasteiger partial charge in [-0.05, 0) is 111 Å². The number of benzene rings is 2. The molecule has 2 aromatic carbocycles. The maximum absolute atomic E-state index is 12.8. The molecular formula is C47H62N4O. The van der Waals surface area contributed by atoms with Crippen LogP contribution in [0.5, 0.6) is 0 Å². The van der Waals surface area contributed by atoms with Gasteiger partial charge in [0.25, 0.3) is 0 Å². The SMILES string of the molecule is CCCCC[C@H]1CC[C@H](c2ccc(-c3ccc(CCC(=O)CCc4ccc(-c5ccc([C@H]6CC[C@H](CCCCC)CC6)nn5)cc4)cc3)nn2)CC1. The van der Waals surface area contributed by atoms with Crippen LogP contribution in [-0.4, -0.2) is 26.2 Å². The molecule has 5 nitrogen and oxygen atoms in total. The van der Waals surface area contributed by atoms with Crippen molar-refractivity contribution in [3.63, 3.8) is 0 Å². The van der Waals surface area contributed by atoms with E-state index in [2.05, 4.69) is 107 Å². The van der Waals surface area contributed by atoms with Crippen LogP contribution < -0.4 is 0 Å². The molecule has 2 aliphatic rings. The summed E-state index contributed by atoms with van der Waals surface area (Å²) in [5.41, 5.74) is 8.67. The fraction of sp³-hybridized carbons (Fsp3) is 0.553. The molecule has 2 saturated carbocycles. The summed E-state index contributed by atoms with van der Waals surface area (Å²) in [7, 11) is 0. The number of carbonyl (C=O) groups excluding carboxylic acids is 1. The Kier molecular flexibility index (Phi) is 14.6. The lowest BCUT2D eigenvalue weighted by atomic mass is 9.78. The van der Waals surface area contributed by atoms with Gasteiger partial charge in [0.05, 0.1) is 22.8 Å². The van der Waals surface area contributed by atoms with E-state index in [9.17, 15) is 4.79 Å². The smallest absolute Gasteiger partial charge is 0.133 e. The molecular weight excluding hydrogens is 637 g/mol. The Labute approximate surface area is 313 Å². The topological polar surface area (TPSA) is 68.6 Å². The number of ketones is 1. The van der Waals surface area contributed by atoms with Crippen molar-refractivity contribution in [1.29, 1.82) is 0 Å². The second-order valence-corrected chi connectivity index (χ2v) is 16.0. The maximum Gasteiger partial charge on any atom is 0.133 e. The molecule has 276 valence electrons. The normalized spacial score (nSPS) is 20.5. The lowest BCUT2D eigenvalue weighted by Gasteiger charge is -2.28. The van der Waals surface area contributed by atoms with Crippen molar-refractivity contribution in [3.05, 3.63) is 95.3 Å². The highest BCUT2D eigenvalue weighted by Crippen LogP contribution is 2.38. The Balaban J connectivity index is 0.894. The highest BCUT2D eigenvalue weighted by molar-refractivity contribution is 5.79. The molecule has 4 aromatic rings. The van der Waals surface area contributed by atoms with Crippen molar-refractivity contribution >= 4 is 5.78 Å². The first-order valence-corrected chi connectivity index (χ1v) is 21.0. The molecule has 0 saturated heterocycles. The zero-order chi connectivity index (χ0) is 36.0. The summed E-state index contributed by atoms with van der Waals surface area (Å²) in [4.78, 5) is 12.8. The maximum atomic E-state index is 12.8. The first-order chi connectivity index (χ1) is 25.6. The summed E-state index contributed by atoms with van der Waals surface area (Å²) in [6.07, 6.45) is 23.9. The molecule has 5 heteroatoms. The van der Waals surface area contributed by atoms with Crippen molar-refractivity contribution in [3.8, 4) is 22.5 Å². The molecule has 0 radical (unpaired) electrons. The Morgan fingerprint density at radius 1 is 0.500 bits per heavy atom.